The highest BCUT2D eigenvalue weighted by molar-refractivity contribution is 5.96. The summed E-state index contributed by atoms with van der Waals surface area (Å²) in [7, 11) is 1.44. The molecule has 0 aliphatic carbocycles. The van der Waals surface area contributed by atoms with Crippen molar-refractivity contribution >= 4 is 17.6 Å². The molecule has 0 fully saturated rings. The number of carbonyl (C=O) groups is 2. The van der Waals surface area contributed by atoms with Crippen LogP contribution in [0.5, 0.6) is 0 Å². The van der Waals surface area contributed by atoms with Gasteiger partial charge in [-0.1, -0.05) is 6.07 Å². The molecule has 1 amide bonds. The van der Waals surface area contributed by atoms with E-state index in [1.54, 1.807) is 13.8 Å². The zero-order valence-electron chi connectivity index (χ0n) is 11.6. The first-order valence-corrected chi connectivity index (χ1v) is 6.03. The molecule has 7 nitrogen and oxygen atoms in total. The van der Waals surface area contributed by atoms with Crippen LogP contribution in [0.4, 0.5) is 5.69 Å². The van der Waals surface area contributed by atoms with Crippen molar-refractivity contribution in [3.63, 3.8) is 0 Å². The van der Waals surface area contributed by atoms with Crippen LogP contribution in [0.2, 0.25) is 0 Å². The van der Waals surface area contributed by atoms with Crippen molar-refractivity contribution in [1.29, 1.82) is 0 Å². The summed E-state index contributed by atoms with van der Waals surface area (Å²) in [5.41, 5.74) is 0.508. The van der Waals surface area contributed by atoms with Crippen LogP contribution < -0.4 is 0 Å². The Morgan fingerprint density at radius 2 is 2.05 bits per heavy atom. The minimum atomic E-state index is -0.544. The number of benzene rings is 1. The average Bonchev–Trinajstić information content (AvgIpc) is 2.38. The molecule has 0 atom stereocenters. The highest BCUT2D eigenvalue weighted by Crippen LogP contribution is 2.20. The van der Waals surface area contributed by atoms with E-state index in [1.165, 1.54) is 25.2 Å². The van der Waals surface area contributed by atoms with Gasteiger partial charge in [0.15, 0.2) is 0 Å². The molecular formula is C13H16N2O5. The maximum absolute atomic E-state index is 12.1. The molecular weight excluding hydrogens is 264 g/mol. The van der Waals surface area contributed by atoms with Crippen LogP contribution in [0.3, 0.4) is 0 Å². The summed E-state index contributed by atoms with van der Waals surface area (Å²) in [6, 6.07) is 4.20. The SMILES string of the molecule is CCOC(=O)CN(C)C(=O)c1ccc(C)c([N+](=O)[O-])c1. The zero-order chi connectivity index (χ0) is 15.3. The van der Waals surface area contributed by atoms with Gasteiger partial charge < -0.3 is 9.64 Å². The van der Waals surface area contributed by atoms with Gasteiger partial charge in [0.2, 0.25) is 0 Å². The van der Waals surface area contributed by atoms with Crippen molar-refractivity contribution in [3.05, 3.63) is 39.4 Å². The van der Waals surface area contributed by atoms with Gasteiger partial charge in [0.25, 0.3) is 11.6 Å². The number of nitrogens with zero attached hydrogens (tertiary/aromatic N) is 2. The maximum atomic E-state index is 12.1. The van der Waals surface area contributed by atoms with Gasteiger partial charge in [0.05, 0.1) is 11.5 Å². The molecule has 0 bridgehead atoms. The van der Waals surface area contributed by atoms with E-state index in [-0.39, 0.29) is 24.4 Å². The third kappa shape index (κ3) is 3.78. The number of ether oxygens (including phenoxy) is 1. The third-order valence-corrected chi connectivity index (χ3v) is 2.67. The Bertz CT molecular complexity index is 542. The van der Waals surface area contributed by atoms with Crippen LogP contribution >= 0.6 is 0 Å². The van der Waals surface area contributed by atoms with Gasteiger partial charge >= 0.3 is 5.97 Å². The van der Waals surface area contributed by atoms with E-state index in [0.717, 1.165) is 4.90 Å². The topological polar surface area (TPSA) is 89.8 Å². The van der Waals surface area contributed by atoms with E-state index < -0.39 is 16.8 Å². The Morgan fingerprint density at radius 3 is 2.60 bits per heavy atom. The highest BCUT2D eigenvalue weighted by atomic mass is 16.6. The molecule has 0 radical (unpaired) electrons. The molecule has 20 heavy (non-hydrogen) atoms. The number of carbonyl (C=O) groups excluding carboxylic acids is 2. The largest absolute Gasteiger partial charge is 0.465 e. The number of hydrogen-bond acceptors (Lipinski definition) is 5. The number of nitro groups is 1. The lowest BCUT2D eigenvalue weighted by atomic mass is 10.1. The number of likely N-dealkylation sites (N-methyl/N-ethyl adjacent to an activating group) is 1. The molecule has 0 spiro atoms. The minimum absolute atomic E-state index is 0.125. The van der Waals surface area contributed by atoms with E-state index in [1.807, 2.05) is 0 Å². The van der Waals surface area contributed by atoms with Gasteiger partial charge in [-0.05, 0) is 19.9 Å². The molecule has 0 heterocycles. The van der Waals surface area contributed by atoms with E-state index in [9.17, 15) is 19.7 Å². The minimum Gasteiger partial charge on any atom is -0.465 e. The Kier molecular flexibility index (Phi) is 5.19. The monoisotopic (exact) mass is 280 g/mol. The molecule has 0 saturated carbocycles. The normalized spacial score (nSPS) is 9.95. The molecule has 1 aromatic carbocycles. The summed E-state index contributed by atoms with van der Waals surface area (Å²) in [4.78, 5) is 34.8. The van der Waals surface area contributed by atoms with Gasteiger partial charge in [0.1, 0.15) is 6.54 Å². The number of amides is 1. The zero-order valence-corrected chi connectivity index (χ0v) is 11.6. The number of hydrogen-bond donors (Lipinski definition) is 0. The second-order valence-electron chi connectivity index (χ2n) is 4.22. The fraction of sp³-hybridized carbons (Fsp3) is 0.385. The third-order valence-electron chi connectivity index (χ3n) is 2.67. The molecule has 0 aromatic heterocycles. The van der Waals surface area contributed by atoms with Gasteiger partial charge in [-0.15, -0.1) is 0 Å². The summed E-state index contributed by atoms with van der Waals surface area (Å²) in [5.74, 6) is -0.994. The second kappa shape index (κ2) is 6.65. The van der Waals surface area contributed by atoms with Crippen molar-refractivity contribution in [2.75, 3.05) is 20.2 Å². The standard InChI is InChI=1S/C13H16N2O5/c1-4-20-12(16)8-14(3)13(17)10-6-5-9(2)11(7-10)15(18)19/h5-7H,4,8H2,1-3H3. The molecule has 1 rings (SSSR count). The second-order valence-corrected chi connectivity index (χ2v) is 4.22. The van der Waals surface area contributed by atoms with Crippen molar-refractivity contribution in [2.24, 2.45) is 0 Å². The Balaban J connectivity index is 2.89. The first kappa shape index (κ1) is 15.6. The van der Waals surface area contributed by atoms with Crippen LogP contribution in [0, 0.1) is 17.0 Å². The van der Waals surface area contributed by atoms with Crippen LogP contribution in [0.15, 0.2) is 18.2 Å². The van der Waals surface area contributed by atoms with Crippen LogP contribution in [-0.2, 0) is 9.53 Å². The molecule has 7 heteroatoms. The lowest BCUT2D eigenvalue weighted by Crippen LogP contribution is -2.33. The van der Waals surface area contributed by atoms with Crippen molar-refractivity contribution in [1.82, 2.24) is 4.90 Å². The molecule has 0 N–H and O–H groups in total. The fourth-order valence-corrected chi connectivity index (χ4v) is 1.63. The Hall–Kier alpha value is -2.44. The number of nitro benzene ring substituents is 1. The summed E-state index contributed by atoms with van der Waals surface area (Å²) < 4.78 is 4.74. The summed E-state index contributed by atoms with van der Waals surface area (Å²) >= 11 is 0. The quantitative estimate of drug-likeness (QED) is 0.463. The van der Waals surface area contributed by atoms with E-state index >= 15 is 0 Å². The molecule has 0 aliphatic rings. The number of aryl methyl sites for hydroxylation is 1. The number of esters is 1. The summed E-state index contributed by atoms with van der Waals surface area (Å²) in [6.45, 7) is 3.29. The van der Waals surface area contributed by atoms with E-state index in [4.69, 9.17) is 4.74 Å². The number of rotatable bonds is 5. The van der Waals surface area contributed by atoms with Crippen molar-refractivity contribution in [3.8, 4) is 0 Å². The molecule has 108 valence electrons. The Labute approximate surface area is 116 Å². The smallest absolute Gasteiger partial charge is 0.325 e. The summed E-state index contributed by atoms with van der Waals surface area (Å²) in [5, 5.41) is 10.8. The molecule has 1 aromatic rings. The fourth-order valence-electron chi connectivity index (χ4n) is 1.63. The van der Waals surface area contributed by atoms with Crippen molar-refractivity contribution in [2.45, 2.75) is 13.8 Å². The molecule has 0 saturated heterocycles. The summed E-state index contributed by atoms with van der Waals surface area (Å²) in [6.07, 6.45) is 0. The van der Waals surface area contributed by atoms with Gasteiger partial charge in [-0.2, -0.15) is 0 Å². The van der Waals surface area contributed by atoms with Gasteiger partial charge in [-0.3, -0.25) is 19.7 Å². The average molecular weight is 280 g/mol. The first-order chi connectivity index (χ1) is 9.36. The molecule has 0 unspecified atom stereocenters. The Morgan fingerprint density at radius 1 is 1.40 bits per heavy atom. The first-order valence-electron chi connectivity index (χ1n) is 6.03. The van der Waals surface area contributed by atoms with Crippen LogP contribution in [-0.4, -0.2) is 41.9 Å². The van der Waals surface area contributed by atoms with Crippen LogP contribution in [0.25, 0.3) is 0 Å². The lowest BCUT2D eigenvalue weighted by molar-refractivity contribution is -0.385. The predicted molar refractivity (Wildman–Crippen MR) is 71.4 cm³/mol. The molecule has 0 aliphatic heterocycles. The predicted octanol–water partition coefficient (Wildman–Crippen LogP) is 1.54. The van der Waals surface area contributed by atoms with Crippen LogP contribution in [0.1, 0.15) is 22.8 Å². The van der Waals surface area contributed by atoms with E-state index in [2.05, 4.69) is 0 Å². The van der Waals surface area contributed by atoms with Gasteiger partial charge in [0, 0.05) is 24.2 Å². The van der Waals surface area contributed by atoms with Gasteiger partial charge in [-0.25, -0.2) is 0 Å². The lowest BCUT2D eigenvalue weighted by Gasteiger charge is -2.16. The van der Waals surface area contributed by atoms with E-state index in [0.29, 0.717) is 5.56 Å². The highest BCUT2D eigenvalue weighted by Gasteiger charge is 2.19. The maximum Gasteiger partial charge on any atom is 0.325 e. The van der Waals surface area contributed by atoms with Crippen molar-refractivity contribution < 1.29 is 19.2 Å².